The summed E-state index contributed by atoms with van der Waals surface area (Å²) in [5.41, 5.74) is 1.88. The Labute approximate surface area is 148 Å². The first kappa shape index (κ1) is 17.7. The highest BCUT2D eigenvalue weighted by molar-refractivity contribution is 7.88. The van der Waals surface area contributed by atoms with Gasteiger partial charge in [0.05, 0.1) is 12.0 Å². The molecule has 0 atom stereocenters. The van der Waals surface area contributed by atoms with Crippen molar-refractivity contribution in [3.63, 3.8) is 0 Å². The van der Waals surface area contributed by atoms with Gasteiger partial charge in [-0.25, -0.2) is 8.42 Å². The maximum absolute atomic E-state index is 12.7. The van der Waals surface area contributed by atoms with Crippen LogP contribution in [-0.4, -0.2) is 49.7 Å². The number of nitrogens with zero attached hydrogens (tertiary/aromatic N) is 2. The average molecular weight is 362 g/mol. The van der Waals surface area contributed by atoms with Gasteiger partial charge in [-0.15, -0.1) is 0 Å². The Balaban J connectivity index is 1.65. The third kappa shape index (κ3) is 4.29. The fourth-order valence-electron chi connectivity index (χ4n) is 2.92. The van der Waals surface area contributed by atoms with E-state index in [0.29, 0.717) is 32.6 Å². The normalized spacial score (nSPS) is 16.6. The van der Waals surface area contributed by atoms with Crippen molar-refractivity contribution in [1.82, 2.24) is 9.21 Å². The van der Waals surface area contributed by atoms with Gasteiger partial charge < -0.3 is 9.32 Å². The van der Waals surface area contributed by atoms with Gasteiger partial charge in [0.2, 0.25) is 10.0 Å². The van der Waals surface area contributed by atoms with E-state index in [9.17, 15) is 13.2 Å². The molecule has 25 heavy (non-hydrogen) atoms. The number of hydrogen-bond donors (Lipinski definition) is 0. The third-order valence-corrected chi connectivity index (χ3v) is 6.19. The van der Waals surface area contributed by atoms with Crippen LogP contribution < -0.4 is 0 Å². The average Bonchev–Trinajstić information content (AvgIpc) is 3.00. The van der Waals surface area contributed by atoms with E-state index in [0.717, 1.165) is 11.1 Å². The molecule has 1 aliphatic rings. The van der Waals surface area contributed by atoms with Gasteiger partial charge in [0, 0.05) is 26.2 Å². The highest BCUT2D eigenvalue weighted by atomic mass is 32.2. The molecule has 6 nitrogen and oxygen atoms in total. The molecule has 0 bridgehead atoms. The van der Waals surface area contributed by atoms with Crippen molar-refractivity contribution in [2.24, 2.45) is 0 Å². The summed E-state index contributed by atoms with van der Waals surface area (Å²) >= 11 is 0. The van der Waals surface area contributed by atoms with Crippen LogP contribution in [0.1, 0.15) is 28.1 Å². The fraction of sp³-hybridized carbons (Fsp3) is 0.389. The number of carbonyl (C=O) groups is 1. The Hall–Kier alpha value is -2.12. The van der Waals surface area contributed by atoms with Crippen molar-refractivity contribution in [1.29, 1.82) is 0 Å². The Kier molecular flexibility index (Phi) is 5.24. The van der Waals surface area contributed by atoms with Crippen LogP contribution >= 0.6 is 0 Å². The van der Waals surface area contributed by atoms with Crippen molar-refractivity contribution < 1.29 is 17.6 Å². The lowest BCUT2D eigenvalue weighted by Gasteiger charge is -2.21. The number of carbonyl (C=O) groups excluding carboxylic acids is 1. The zero-order chi connectivity index (χ0) is 17.9. The summed E-state index contributed by atoms with van der Waals surface area (Å²) in [4.78, 5) is 14.0. The van der Waals surface area contributed by atoms with Crippen molar-refractivity contribution in [2.75, 3.05) is 26.2 Å². The molecule has 1 aromatic heterocycles. The number of rotatable bonds is 4. The van der Waals surface area contributed by atoms with Crippen LogP contribution in [0.4, 0.5) is 0 Å². The van der Waals surface area contributed by atoms with Crippen LogP contribution in [0.15, 0.2) is 47.1 Å². The maximum Gasteiger partial charge on any atom is 0.289 e. The quantitative estimate of drug-likeness (QED) is 0.836. The summed E-state index contributed by atoms with van der Waals surface area (Å²) in [6, 6.07) is 10.8. The lowest BCUT2D eigenvalue weighted by atomic mass is 10.2. The topological polar surface area (TPSA) is 70.8 Å². The first-order valence-electron chi connectivity index (χ1n) is 8.32. The zero-order valence-corrected chi connectivity index (χ0v) is 15.0. The first-order valence-corrected chi connectivity index (χ1v) is 9.93. The molecule has 1 fully saturated rings. The van der Waals surface area contributed by atoms with Crippen LogP contribution in [0.2, 0.25) is 0 Å². The van der Waals surface area contributed by atoms with E-state index in [1.807, 2.05) is 31.2 Å². The second-order valence-electron chi connectivity index (χ2n) is 6.26. The SMILES string of the molecule is Cc1ccc(CS(=O)(=O)N2CCCN(C(=O)c3ccco3)CC2)cc1. The number of aryl methyl sites for hydroxylation is 1. The smallest absolute Gasteiger partial charge is 0.289 e. The predicted octanol–water partition coefficient (Wildman–Crippen LogP) is 2.27. The summed E-state index contributed by atoms with van der Waals surface area (Å²) in [5.74, 6) is 0.0816. The van der Waals surface area contributed by atoms with Gasteiger partial charge >= 0.3 is 0 Å². The molecule has 1 aromatic carbocycles. The molecule has 1 aliphatic heterocycles. The van der Waals surface area contributed by atoms with E-state index in [-0.39, 0.29) is 17.4 Å². The Morgan fingerprint density at radius 2 is 1.84 bits per heavy atom. The van der Waals surface area contributed by atoms with Crippen molar-refractivity contribution >= 4 is 15.9 Å². The second kappa shape index (κ2) is 7.41. The molecular formula is C18H22N2O4S. The fourth-order valence-corrected chi connectivity index (χ4v) is 4.48. The summed E-state index contributed by atoms with van der Waals surface area (Å²) in [6.45, 7) is 3.59. The molecule has 2 heterocycles. The van der Waals surface area contributed by atoms with Crippen LogP contribution in [0.5, 0.6) is 0 Å². The molecule has 2 aromatic rings. The van der Waals surface area contributed by atoms with Crippen LogP contribution in [0.3, 0.4) is 0 Å². The minimum atomic E-state index is -3.40. The Morgan fingerprint density at radius 3 is 2.52 bits per heavy atom. The summed E-state index contributed by atoms with van der Waals surface area (Å²) in [7, 11) is -3.40. The number of furan rings is 1. The molecule has 3 rings (SSSR count). The second-order valence-corrected chi connectivity index (χ2v) is 8.23. The highest BCUT2D eigenvalue weighted by Crippen LogP contribution is 2.16. The van der Waals surface area contributed by atoms with Crippen molar-refractivity contribution in [3.8, 4) is 0 Å². The minimum Gasteiger partial charge on any atom is -0.459 e. The predicted molar refractivity (Wildman–Crippen MR) is 94.6 cm³/mol. The van der Waals surface area contributed by atoms with E-state index in [2.05, 4.69) is 0 Å². The molecule has 0 spiro atoms. The lowest BCUT2D eigenvalue weighted by Crippen LogP contribution is -2.37. The summed E-state index contributed by atoms with van der Waals surface area (Å²) in [6.07, 6.45) is 2.07. The molecular weight excluding hydrogens is 340 g/mol. The molecule has 1 saturated heterocycles. The van der Waals surface area contributed by atoms with Gasteiger partial charge in [0.25, 0.3) is 5.91 Å². The van der Waals surface area contributed by atoms with E-state index in [4.69, 9.17) is 4.42 Å². The molecule has 0 radical (unpaired) electrons. The molecule has 0 unspecified atom stereocenters. The van der Waals surface area contributed by atoms with E-state index >= 15 is 0 Å². The van der Waals surface area contributed by atoms with Crippen LogP contribution in [0, 0.1) is 6.92 Å². The van der Waals surface area contributed by atoms with Crippen molar-refractivity contribution in [2.45, 2.75) is 19.1 Å². The zero-order valence-electron chi connectivity index (χ0n) is 14.2. The van der Waals surface area contributed by atoms with E-state index in [1.165, 1.54) is 10.6 Å². The monoisotopic (exact) mass is 362 g/mol. The van der Waals surface area contributed by atoms with E-state index < -0.39 is 10.0 Å². The van der Waals surface area contributed by atoms with Gasteiger partial charge in [-0.3, -0.25) is 4.79 Å². The van der Waals surface area contributed by atoms with Gasteiger partial charge in [-0.05, 0) is 31.0 Å². The van der Waals surface area contributed by atoms with Gasteiger partial charge in [-0.2, -0.15) is 4.31 Å². The summed E-state index contributed by atoms with van der Waals surface area (Å²) in [5, 5.41) is 0. The number of amides is 1. The minimum absolute atomic E-state index is 0.0145. The number of sulfonamides is 1. The molecule has 134 valence electrons. The molecule has 0 aliphatic carbocycles. The molecule has 0 saturated carbocycles. The number of benzene rings is 1. The standard InChI is InChI=1S/C18H22N2O4S/c1-15-5-7-16(8-6-15)14-25(22,23)20-10-3-9-19(11-12-20)18(21)17-4-2-13-24-17/h2,4-8,13H,3,9-12,14H2,1H3. The maximum atomic E-state index is 12.7. The molecule has 0 N–H and O–H groups in total. The van der Waals surface area contributed by atoms with Crippen LogP contribution in [0.25, 0.3) is 0 Å². The van der Waals surface area contributed by atoms with E-state index in [1.54, 1.807) is 17.0 Å². The third-order valence-electron chi connectivity index (χ3n) is 4.34. The van der Waals surface area contributed by atoms with Gasteiger partial charge in [0.15, 0.2) is 5.76 Å². The highest BCUT2D eigenvalue weighted by Gasteiger charge is 2.28. The Bertz CT molecular complexity index is 813. The number of hydrogen-bond acceptors (Lipinski definition) is 4. The molecule has 7 heteroatoms. The van der Waals surface area contributed by atoms with Crippen LogP contribution in [-0.2, 0) is 15.8 Å². The van der Waals surface area contributed by atoms with Gasteiger partial charge in [0.1, 0.15) is 0 Å². The molecule has 1 amide bonds. The Morgan fingerprint density at radius 1 is 1.08 bits per heavy atom. The van der Waals surface area contributed by atoms with Crippen molar-refractivity contribution in [3.05, 3.63) is 59.5 Å². The first-order chi connectivity index (χ1) is 12.0. The lowest BCUT2D eigenvalue weighted by molar-refractivity contribution is 0.0732. The summed E-state index contributed by atoms with van der Waals surface area (Å²) < 4.78 is 32.0. The largest absolute Gasteiger partial charge is 0.459 e. The van der Waals surface area contributed by atoms with Gasteiger partial charge in [-0.1, -0.05) is 29.8 Å².